The van der Waals surface area contributed by atoms with E-state index in [1.165, 1.54) is 9.78 Å². The summed E-state index contributed by atoms with van der Waals surface area (Å²) in [6, 6.07) is 11.5. The normalized spacial score (nSPS) is 18.3. The molecular formula is C19H18N2O4S. The Morgan fingerprint density at radius 2 is 1.81 bits per heavy atom. The fourth-order valence-electron chi connectivity index (χ4n) is 3.45. The summed E-state index contributed by atoms with van der Waals surface area (Å²) < 4.78 is 4.77. The highest BCUT2D eigenvalue weighted by Crippen LogP contribution is 2.26. The number of imide groups is 1. The first-order valence-electron chi connectivity index (χ1n) is 8.55. The number of likely N-dealkylation sites (tertiary alicyclic amines) is 1. The van der Waals surface area contributed by atoms with Crippen molar-refractivity contribution in [1.29, 1.82) is 0 Å². The van der Waals surface area contributed by atoms with Crippen molar-refractivity contribution < 1.29 is 19.1 Å². The van der Waals surface area contributed by atoms with E-state index < -0.39 is 6.09 Å². The average molecular weight is 370 g/mol. The minimum Gasteiger partial charge on any atom is -0.439 e. The van der Waals surface area contributed by atoms with Crippen LogP contribution in [-0.2, 0) is 9.53 Å². The Morgan fingerprint density at radius 3 is 2.38 bits per heavy atom. The number of nitrogens with zero attached hydrogens (tertiary/aromatic N) is 2. The first-order chi connectivity index (χ1) is 12.6. The number of rotatable bonds is 3. The fraction of sp³-hybridized carbons (Fsp3) is 0.316. The van der Waals surface area contributed by atoms with Gasteiger partial charge in [-0.05, 0) is 42.0 Å². The Kier molecular flexibility index (Phi) is 4.46. The minimum atomic E-state index is -0.566. The summed E-state index contributed by atoms with van der Waals surface area (Å²) in [7, 11) is 0. The van der Waals surface area contributed by atoms with Crippen LogP contribution in [0.5, 0.6) is 0 Å². The van der Waals surface area contributed by atoms with E-state index >= 15 is 0 Å². The Morgan fingerprint density at radius 1 is 1.08 bits per heavy atom. The number of thiophene rings is 1. The molecule has 134 valence electrons. The van der Waals surface area contributed by atoms with Gasteiger partial charge in [-0.15, -0.1) is 11.3 Å². The number of cyclic esters (lactones) is 1. The van der Waals surface area contributed by atoms with Gasteiger partial charge in [0.1, 0.15) is 0 Å². The SMILES string of the molecule is O=C(c1ccc(-c2cccs2)cc1)N1CCC(N2C(=O)COC2=O)CC1. The predicted octanol–water partition coefficient (Wildman–Crippen LogP) is 3.00. The Labute approximate surface area is 155 Å². The maximum Gasteiger partial charge on any atom is 0.417 e. The second-order valence-electron chi connectivity index (χ2n) is 6.40. The highest BCUT2D eigenvalue weighted by Gasteiger charge is 2.39. The van der Waals surface area contributed by atoms with Gasteiger partial charge < -0.3 is 9.64 Å². The molecule has 0 unspecified atom stereocenters. The van der Waals surface area contributed by atoms with Gasteiger partial charge in [-0.2, -0.15) is 0 Å². The van der Waals surface area contributed by atoms with Crippen LogP contribution in [0.15, 0.2) is 41.8 Å². The van der Waals surface area contributed by atoms with Crippen molar-refractivity contribution in [2.24, 2.45) is 0 Å². The molecule has 1 aromatic heterocycles. The van der Waals surface area contributed by atoms with Gasteiger partial charge in [0.2, 0.25) is 0 Å². The van der Waals surface area contributed by atoms with Crippen LogP contribution in [0.4, 0.5) is 4.79 Å². The van der Waals surface area contributed by atoms with Crippen LogP contribution in [0, 0.1) is 0 Å². The van der Waals surface area contributed by atoms with Gasteiger partial charge in [0.25, 0.3) is 11.8 Å². The smallest absolute Gasteiger partial charge is 0.417 e. The zero-order valence-electron chi connectivity index (χ0n) is 14.1. The molecule has 4 rings (SSSR count). The topological polar surface area (TPSA) is 66.9 Å². The number of ether oxygens (including phenoxy) is 1. The number of benzene rings is 1. The van der Waals surface area contributed by atoms with Crippen molar-refractivity contribution in [2.45, 2.75) is 18.9 Å². The second-order valence-corrected chi connectivity index (χ2v) is 7.34. The molecule has 26 heavy (non-hydrogen) atoms. The molecule has 2 fully saturated rings. The van der Waals surface area contributed by atoms with Crippen LogP contribution < -0.4 is 0 Å². The Balaban J connectivity index is 1.39. The highest BCUT2D eigenvalue weighted by atomic mass is 32.1. The van der Waals surface area contributed by atoms with Gasteiger partial charge in [-0.3, -0.25) is 9.59 Å². The van der Waals surface area contributed by atoms with Gasteiger partial charge in [0, 0.05) is 29.6 Å². The molecule has 0 radical (unpaired) electrons. The number of hydrogen-bond donors (Lipinski definition) is 0. The fourth-order valence-corrected chi connectivity index (χ4v) is 4.18. The lowest BCUT2D eigenvalue weighted by atomic mass is 10.0. The van der Waals surface area contributed by atoms with Crippen LogP contribution in [0.2, 0.25) is 0 Å². The molecule has 2 aliphatic heterocycles. The maximum atomic E-state index is 12.7. The van der Waals surface area contributed by atoms with E-state index in [9.17, 15) is 14.4 Å². The molecule has 2 saturated heterocycles. The standard InChI is InChI=1S/C19H18N2O4S/c22-17-12-25-19(24)21(17)15-7-9-20(10-8-15)18(23)14-5-3-13(4-6-14)16-2-1-11-26-16/h1-6,11,15H,7-10,12H2. The number of piperidine rings is 1. The maximum absolute atomic E-state index is 12.7. The zero-order chi connectivity index (χ0) is 18.1. The number of amides is 3. The average Bonchev–Trinajstić information content (AvgIpc) is 3.32. The quantitative estimate of drug-likeness (QED) is 0.833. The number of carbonyl (C=O) groups is 3. The third-order valence-electron chi connectivity index (χ3n) is 4.84. The van der Waals surface area contributed by atoms with Gasteiger partial charge in [-0.25, -0.2) is 9.69 Å². The Hall–Kier alpha value is -2.67. The third kappa shape index (κ3) is 3.10. The molecule has 6 nitrogen and oxygen atoms in total. The summed E-state index contributed by atoms with van der Waals surface area (Å²) in [5.41, 5.74) is 1.75. The van der Waals surface area contributed by atoms with E-state index in [0.29, 0.717) is 31.5 Å². The van der Waals surface area contributed by atoms with Gasteiger partial charge >= 0.3 is 6.09 Å². The summed E-state index contributed by atoms with van der Waals surface area (Å²) >= 11 is 1.67. The first-order valence-corrected chi connectivity index (χ1v) is 9.43. The summed E-state index contributed by atoms with van der Waals surface area (Å²) in [4.78, 5) is 40.3. The number of carbonyl (C=O) groups excluding carboxylic acids is 3. The molecule has 3 amide bonds. The summed E-state index contributed by atoms with van der Waals surface area (Å²) in [5.74, 6) is -0.305. The largest absolute Gasteiger partial charge is 0.439 e. The van der Waals surface area contributed by atoms with Gasteiger partial charge in [0.05, 0.1) is 0 Å². The van der Waals surface area contributed by atoms with Crippen LogP contribution in [0.3, 0.4) is 0 Å². The van der Waals surface area contributed by atoms with Crippen LogP contribution >= 0.6 is 11.3 Å². The molecule has 7 heteroatoms. The molecule has 0 atom stereocenters. The van der Waals surface area contributed by atoms with E-state index in [1.807, 2.05) is 35.7 Å². The molecule has 3 heterocycles. The van der Waals surface area contributed by atoms with E-state index in [2.05, 4.69) is 6.07 Å². The predicted molar refractivity (Wildman–Crippen MR) is 96.9 cm³/mol. The van der Waals surface area contributed by atoms with Gasteiger partial charge in [-0.1, -0.05) is 18.2 Å². The zero-order valence-corrected chi connectivity index (χ0v) is 14.9. The summed E-state index contributed by atoms with van der Waals surface area (Å²) in [5, 5.41) is 2.03. The molecule has 0 N–H and O–H groups in total. The first kappa shape index (κ1) is 16.8. The van der Waals surface area contributed by atoms with Crippen molar-refractivity contribution >= 4 is 29.2 Å². The lowest BCUT2D eigenvalue weighted by molar-refractivity contribution is -0.127. The van der Waals surface area contributed by atoms with Gasteiger partial charge in [0.15, 0.2) is 6.61 Å². The molecule has 0 bridgehead atoms. The summed E-state index contributed by atoms with van der Waals surface area (Å²) in [6.07, 6.45) is 0.601. The monoisotopic (exact) mass is 370 g/mol. The molecule has 0 spiro atoms. The number of hydrogen-bond acceptors (Lipinski definition) is 5. The molecule has 0 aliphatic carbocycles. The lowest BCUT2D eigenvalue weighted by Gasteiger charge is -2.34. The van der Waals surface area contributed by atoms with E-state index in [4.69, 9.17) is 4.74 Å². The molecule has 1 aromatic carbocycles. The molecule has 2 aliphatic rings. The molecule has 0 saturated carbocycles. The van der Waals surface area contributed by atoms with Crippen LogP contribution in [0.1, 0.15) is 23.2 Å². The van der Waals surface area contributed by atoms with Crippen molar-refractivity contribution in [1.82, 2.24) is 9.80 Å². The summed E-state index contributed by atoms with van der Waals surface area (Å²) in [6.45, 7) is 0.870. The van der Waals surface area contributed by atoms with E-state index in [-0.39, 0.29) is 24.5 Å². The molecular weight excluding hydrogens is 352 g/mol. The van der Waals surface area contributed by atoms with Crippen molar-refractivity contribution in [3.63, 3.8) is 0 Å². The van der Waals surface area contributed by atoms with E-state index in [0.717, 1.165) is 5.56 Å². The van der Waals surface area contributed by atoms with Crippen molar-refractivity contribution in [3.05, 3.63) is 47.3 Å². The van der Waals surface area contributed by atoms with Crippen LogP contribution in [-0.4, -0.2) is 53.4 Å². The minimum absolute atomic E-state index is 0.0171. The Bertz CT molecular complexity index is 808. The lowest BCUT2D eigenvalue weighted by Crippen LogP contribution is -2.48. The van der Waals surface area contributed by atoms with Crippen molar-refractivity contribution in [3.8, 4) is 10.4 Å². The third-order valence-corrected chi connectivity index (χ3v) is 5.76. The van der Waals surface area contributed by atoms with Crippen molar-refractivity contribution in [2.75, 3.05) is 19.7 Å². The molecule has 2 aromatic rings. The highest BCUT2D eigenvalue weighted by molar-refractivity contribution is 7.13. The van der Waals surface area contributed by atoms with E-state index in [1.54, 1.807) is 16.2 Å². The van der Waals surface area contributed by atoms with Crippen LogP contribution in [0.25, 0.3) is 10.4 Å². The second kappa shape index (κ2) is 6.92.